The number of allylic oxidation sites excluding steroid dienone is 1. The maximum atomic E-state index is 5.84. The van der Waals surface area contributed by atoms with E-state index in [4.69, 9.17) is 5.73 Å². The van der Waals surface area contributed by atoms with Crippen LogP contribution in [0.5, 0.6) is 0 Å². The number of aryl methyl sites for hydroxylation is 1. The van der Waals surface area contributed by atoms with Gasteiger partial charge in [0.05, 0.1) is 6.42 Å². The summed E-state index contributed by atoms with van der Waals surface area (Å²) in [5.74, 6) is 0. The Morgan fingerprint density at radius 1 is 1.00 bits per heavy atom. The van der Waals surface area contributed by atoms with Crippen LogP contribution in [0.15, 0.2) is 60.7 Å². The molecule has 0 spiro atoms. The van der Waals surface area contributed by atoms with E-state index in [0.29, 0.717) is 0 Å². The first-order chi connectivity index (χ1) is 11.6. The van der Waals surface area contributed by atoms with Crippen molar-refractivity contribution >= 4 is 33.9 Å². The normalized spacial score (nSPS) is 13.9. The summed E-state index contributed by atoms with van der Waals surface area (Å²) in [6.45, 7) is 2.10. The van der Waals surface area contributed by atoms with Crippen LogP contribution in [0.2, 0.25) is 0 Å². The Labute approximate surface area is 142 Å². The lowest BCUT2D eigenvalue weighted by Crippen LogP contribution is -2.04. The summed E-state index contributed by atoms with van der Waals surface area (Å²) in [7, 11) is 2.15. The maximum Gasteiger partial charge on any atom is 0.209 e. The number of nitrogens with two attached hydrogens (primary N) is 1. The highest BCUT2D eigenvalue weighted by atomic mass is 15.0. The molecule has 4 rings (SSSR count). The number of anilines is 1. The molecule has 0 aliphatic carbocycles. The van der Waals surface area contributed by atoms with Gasteiger partial charge in [-0.1, -0.05) is 30.3 Å². The number of rotatable bonds is 2. The van der Waals surface area contributed by atoms with Gasteiger partial charge >= 0.3 is 0 Å². The third-order valence-corrected chi connectivity index (χ3v) is 4.92. The van der Waals surface area contributed by atoms with E-state index in [1.807, 2.05) is 12.1 Å². The van der Waals surface area contributed by atoms with Gasteiger partial charge in [-0.05, 0) is 53.1 Å². The third-order valence-electron chi connectivity index (χ3n) is 4.92. The average molecular weight is 313 g/mol. The highest BCUT2D eigenvalue weighted by molar-refractivity contribution is 6.03. The molecule has 24 heavy (non-hydrogen) atoms. The van der Waals surface area contributed by atoms with Gasteiger partial charge in [-0.15, -0.1) is 0 Å². The van der Waals surface area contributed by atoms with Crippen LogP contribution in [0.3, 0.4) is 0 Å². The minimum atomic E-state index is 0.814. The maximum absolute atomic E-state index is 5.84. The Bertz CT molecular complexity index is 1010. The van der Waals surface area contributed by atoms with Crippen molar-refractivity contribution < 1.29 is 4.58 Å². The van der Waals surface area contributed by atoms with E-state index in [-0.39, 0.29) is 0 Å². The second kappa shape index (κ2) is 5.64. The van der Waals surface area contributed by atoms with Gasteiger partial charge in [0.25, 0.3) is 0 Å². The van der Waals surface area contributed by atoms with Crippen molar-refractivity contribution in [2.45, 2.75) is 13.3 Å². The van der Waals surface area contributed by atoms with Crippen molar-refractivity contribution in [3.05, 3.63) is 77.4 Å². The Balaban J connectivity index is 1.71. The predicted octanol–water partition coefficient (Wildman–Crippen LogP) is 4.71. The van der Waals surface area contributed by atoms with Crippen LogP contribution < -0.4 is 5.73 Å². The van der Waals surface area contributed by atoms with E-state index in [1.54, 1.807) is 0 Å². The van der Waals surface area contributed by atoms with Crippen LogP contribution in [0.25, 0.3) is 16.8 Å². The molecular weight excluding hydrogens is 292 g/mol. The van der Waals surface area contributed by atoms with Crippen LogP contribution in [0.1, 0.15) is 16.7 Å². The quantitative estimate of drug-likeness (QED) is 0.538. The van der Waals surface area contributed by atoms with Crippen LogP contribution in [0.4, 0.5) is 11.4 Å². The molecule has 3 aromatic rings. The van der Waals surface area contributed by atoms with Gasteiger partial charge in [0, 0.05) is 23.4 Å². The second-order valence-electron chi connectivity index (χ2n) is 6.46. The lowest BCUT2D eigenvalue weighted by Gasteiger charge is -2.01. The lowest BCUT2D eigenvalue weighted by atomic mass is 10.0. The summed E-state index contributed by atoms with van der Waals surface area (Å²) in [6, 6.07) is 19.1. The predicted molar refractivity (Wildman–Crippen MR) is 103 cm³/mol. The van der Waals surface area contributed by atoms with Crippen LogP contribution >= 0.6 is 0 Å². The molecular formula is C22H21N2+. The molecule has 0 fully saturated rings. The fourth-order valence-corrected chi connectivity index (χ4v) is 3.52. The van der Waals surface area contributed by atoms with Gasteiger partial charge in [-0.25, -0.2) is 0 Å². The van der Waals surface area contributed by atoms with Gasteiger partial charge in [-0.3, -0.25) is 0 Å². The summed E-state index contributed by atoms with van der Waals surface area (Å²) < 4.78 is 2.30. The van der Waals surface area contributed by atoms with Crippen molar-refractivity contribution in [2.24, 2.45) is 0 Å². The summed E-state index contributed by atoms with van der Waals surface area (Å²) in [5.41, 5.74) is 13.1. The fraction of sp³-hybridized carbons (Fsp3) is 0.136. The molecule has 1 heterocycles. The molecule has 0 saturated carbocycles. The molecule has 0 bridgehead atoms. The van der Waals surface area contributed by atoms with E-state index in [0.717, 1.165) is 12.1 Å². The first kappa shape index (κ1) is 14.7. The van der Waals surface area contributed by atoms with Crippen molar-refractivity contribution in [3.8, 4) is 0 Å². The first-order valence-corrected chi connectivity index (χ1v) is 8.28. The SMILES string of the molecule is Cc1cc(N)ccc1C=CC1=[N+](C)c2ccc3ccccc3c2C1. The van der Waals surface area contributed by atoms with E-state index >= 15 is 0 Å². The van der Waals surface area contributed by atoms with Gasteiger partial charge in [0.15, 0.2) is 5.71 Å². The monoisotopic (exact) mass is 313 g/mol. The van der Waals surface area contributed by atoms with Crippen molar-refractivity contribution in [1.82, 2.24) is 0 Å². The van der Waals surface area contributed by atoms with Gasteiger partial charge in [0.1, 0.15) is 7.05 Å². The molecule has 0 aromatic heterocycles. The lowest BCUT2D eigenvalue weighted by molar-refractivity contribution is -0.400. The zero-order chi connectivity index (χ0) is 16.7. The van der Waals surface area contributed by atoms with Gasteiger partial charge in [-0.2, -0.15) is 4.58 Å². The molecule has 118 valence electrons. The molecule has 1 aliphatic heterocycles. The average Bonchev–Trinajstić information content (AvgIpc) is 2.91. The summed E-state index contributed by atoms with van der Waals surface area (Å²) in [4.78, 5) is 0. The molecule has 3 aromatic carbocycles. The second-order valence-corrected chi connectivity index (χ2v) is 6.46. The molecule has 1 aliphatic rings. The van der Waals surface area contributed by atoms with Gasteiger partial charge in [0.2, 0.25) is 5.69 Å². The number of fused-ring (bicyclic) bond motifs is 3. The Kier molecular flexibility index (Phi) is 3.46. The number of hydrogen-bond acceptors (Lipinski definition) is 1. The summed E-state index contributed by atoms with van der Waals surface area (Å²) >= 11 is 0. The number of hydrogen-bond donors (Lipinski definition) is 1. The number of nitrogens with zero attached hydrogens (tertiary/aromatic N) is 1. The number of nitrogen functional groups attached to an aromatic ring is 1. The topological polar surface area (TPSA) is 29.0 Å². The van der Waals surface area contributed by atoms with E-state index < -0.39 is 0 Å². The standard InChI is InChI=1S/C22H20N2/c1-15-13-18(23)10-7-16(15)8-11-19-14-21-20-6-4-3-5-17(20)9-12-22(21)24(19)2/h3-13,23H,14H2,1-2H3/p+1. The molecule has 0 saturated heterocycles. The number of benzene rings is 3. The minimum Gasteiger partial charge on any atom is -0.399 e. The van der Waals surface area contributed by atoms with E-state index in [9.17, 15) is 0 Å². The van der Waals surface area contributed by atoms with E-state index in [1.165, 1.54) is 38.9 Å². The molecule has 0 radical (unpaired) electrons. The molecule has 2 heteroatoms. The minimum absolute atomic E-state index is 0.814. The zero-order valence-electron chi connectivity index (χ0n) is 14.1. The van der Waals surface area contributed by atoms with Crippen LogP contribution in [0, 0.1) is 6.92 Å². The molecule has 2 N–H and O–H groups in total. The Morgan fingerprint density at radius 2 is 1.83 bits per heavy atom. The smallest absolute Gasteiger partial charge is 0.209 e. The van der Waals surface area contributed by atoms with Crippen LogP contribution in [-0.4, -0.2) is 17.3 Å². The van der Waals surface area contributed by atoms with Gasteiger partial charge < -0.3 is 5.73 Å². The third kappa shape index (κ3) is 2.41. The fourth-order valence-electron chi connectivity index (χ4n) is 3.52. The highest BCUT2D eigenvalue weighted by Gasteiger charge is 2.26. The van der Waals surface area contributed by atoms with Crippen molar-refractivity contribution in [3.63, 3.8) is 0 Å². The van der Waals surface area contributed by atoms with E-state index in [2.05, 4.69) is 73.2 Å². The van der Waals surface area contributed by atoms with Crippen LogP contribution in [-0.2, 0) is 6.42 Å². The Morgan fingerprint density at radius 3 is 2.67 bits per heavy atom. The molecule has 0 amide bonds. The summed E-state index contributed by atoms with van der Waals surface area (Å²) in [6.07, 6.45) is 5.39. The Hall–Kier alpha value is -2.87. The molecule has 0 unspecified atom stereocenters. The molecule has 0 atom stereocenters. The largest absolute Gasteiger partial charge is 0.399 e. The first-order valence-electron chi connectivity index (χ1n) is 8.28. The van der Waals surface area contributed by atoms with Crippen molar-refractivity contribution in [2.75, 3.05) is 12.8 Å². The zero-order valence-corrected chi connectivity index (χ0v) is 14.1. The summed E-state index contributed by atoms with van der Waals surface area (Å²) in [5, 5.41) is 2.66. The highest BCUT2D eigenvalue weighted by Crippen LogP contribution is 2.32. The van der Waals surface area contributed by atoms with Crippen molar-refractivity contribution in [1.29, 1.82) is 0 Å². The molecule has 2 nitrogen and oxygen atoms in total.